The van der Waals surface area contributed by atoms with Crippen molar-refractivity contribution in [3.63, 3.8) is 0 Å². The molecule has 2 aromatic rings. The molecule has 1 aliphatic rings. The second kappa shape index (κ2) is 9.12. The van der Waals surface area contributed by atoms with Crippen LogP contribution in [0, 0.1) is 5.82 Å². The van der Waals surface area contributed by atoms with Crippen LogP contribution >= 0.6 is 0 Å². The summed E-state index contributed by atoms with van der Waals surface area (Å²) in [5.74, 6) is -1.41. The lowest BCUT2D eigenvalue weighted by atomic mass is 10.2. The number of rotatable bonds is 6. The fraction of sp³-hybridized carbons (Fsp3) is 0.421. The molecule has 168 valence electrons. The van der Waals surface area contributed by atoms with Crippen LogP contribution in [-0.4, -0.2) is 60.3 Å². The molecule has 1 aromatic heterocycles. The number of aromatic hydroxyl groups is 1. The Kier molecular flexibility index (Phi) is 6.72. The molecule has 31 heavy (non-hydrogen) atoms. The number of hydrogen-bond acceptors (Lipinski definition) is 7. The summed E-state index contributed by atoms with van der Waals surface area (Å²) >= 11 is 0. The van der Waals surface area contributed by atoms with E-state index in [1.807, 2.05) is 4.90 Å². The first-order valence-corrected chi connectivity index (χ1v) is 11.4. The highest BCUT2D eigenvalue weighted by Gasteiger charge is 2.29. The molecular formula is C19H24FN5O5S. The third-order valence-electron chi connectivity index (χ3n) is 4.85. The molecule has 10 nitrogen and oxygen atoms in total. The van der Waals surface area contributed by atoms with Gasteiger partial charge in [-0.1, -0.05) is 12.1 Å². The number of nitrogens with zero attached hydrogens (tertiary/aromatic N) is 3. The molecule has 0 spiro atoms. The Morgan fingerprint density at radius 2 is 1.97 bits per heavy atom. The van der Waals surface area contributed by atoms with Crippen molar-refractivity contribution in [3.05, 3.63) is 57.5 Å². The van der Waals surface area contributed by atoms with E-state index in [2.05, 4.69) is 15.0 Å². The van der Waals surface area contributed by atoms with Crippen molar-refractivity contribution in [1.29, 1.82) is 0 Å². The van der Waals surface area contributed by atoms with Crippen LogP contribution in [0.5, 0.6) is 5.75 Å². The molecule has 0 saturated heterocycles. The van der Waals surface area contributed by atoms with Gasteiger partial charge in [0, 0.05) is 26.2 Å². The minimum Gasteiger partial charge on any atom is -0.502 e. The first-order chi connectivity index (χ1) is 14.5. The summed E-state index contributed by atoms with van der Waals surface area (Å²) in [6, 6.07) is 4.77. The summed E-state index contributed by atoms with van der Waals surface area (Å²) in [4.78, 5) is 31.2. The highest BCUT2D eigenvalue weighted by Crippen LogP contribution is 2.20. The van der Waals surface area contributed by atoms with E-state index in [0.717, 1.165) is 6.26 Å². The van der Waals surface area contributed by atoms with Gasteiger partial charge in [0.2, 0.25) is 21.7 Å². The second-order valence-corrected chi connectivity index (χ2v) is 9.29. The van der Waals surface area contributed by atoms with Crippen LogP contribution in [0.25, 0.3) is 0 Å². The lowest BCUT2D eigenvalue weighted by molar-refractivity contribution is -0.120. The van der Waals surface area contributed by atoms with E-state index >= 15 is 0 Å². The molecule has 1 atom stereocenters. The predicted octanol–water partition coefficient (Wildman–Crippen LogP) is -0.517. The maximum absolute atomic E-state index is 13.0. The van der Waals surface area contributed by atoms with Gasteiger partial charge >= 0.3 is 0 Å². The molecule has 0 radical (unpaired) electrons. The maximum atomic E-state index is 13.0. The van der Waals surface area contributed by atoms with Crippen LogP contribution in [0.1, 0.15) is 23.1 Å². The Labute approximate surface area is 178 Å². The fourth-order valence-corrected chi connectivity index (χ4v) is 4.03. The lowest BCUT2D eigenvalue weighted by Gasteiger charge is -2.21. The number of fused-ring (bicyclic) bond motifs is 1. The lowest BCUT2D eigenvalue weighted by Crippen LogP contribution is -2.37. The smallest absolute Gasteiger partial charge is 0.296 e. The number of carbonyl (C=O) groups excluding carboxylic acids is 1. The zero-order chi connectivity index (χ0) is 22.8. The number of likely N-dealkylation sites (N-methyl/N-ethyl adjacent to an activating group) is 1. The van der Waals surface area contributed by atoms with Gasteiger partial charge in [-0.25, -0.2) is 22.5 Å². The molecule has 0 saturated carbocycles. The fourth-order valence-electron chi connectivity index (χ4n) is 3.33. The number of sulfonamides is 1. The molecule has 0 aliphatic carbocycles. The van der Waals surface area contributed by atoms with Gasteiger partial charge in [-0.05, 0) is 24.7 Å². The number of carbonyl (C=O) groups is 1. The minimum atomic E-state index is -3.61. The topological polar surface area (TPSA) is 134 Å². The summed E-state index contributed by atoms with van der Waals surface area (Å²) in [6.07, 6.45) is 0.627. The molecule has 3 rings (SSSR count). The van der Waals surface area contributed by atoms with Crippen molar-refractivity contribution in [2.45, 2.75) is 25.6 Å². The number of halogens is 1. The number of aromatic nitrogens is 2. The van der Waals surface area contributed by atoms with Gasteiger partial charge in [-0.2, -0.15) is 0 Å². The van der Waals surface area contributed by atoms with E-state index in [0.29, 0.717) is 12.1 Å². The van der Waals surface area contributed by atoms with Gasteiger partial charge in [0.1, 0.15) is 11.6 Å². The third-order valence-corrected chi connectivity index (χ3v) is 5.56. The Morgan fingerprint density at radius 3 is 2.61 bits per heavy atom. The van der Waals surface area contributed by atoms with Crippen LogP contribution < -0.4 is 15.6 Å². The van der Waals surface area contributed by atoms with Crippen LogP contribution in [-0.2, 0) is 34.3 Å². The Balaban J connectivity index is 1.85. The largest absolute Gasteiger partial charge is 0.502 e. The monoisotopic (exact) mass is 453 g/mol. The van der Waals surface area contributed by atoms with Gasteiger partial charge in [0.05, 0.1) is 24.4 Å². The number of benzene rings is 1. The summed E-state index contributed by atoms with van der Waals surface area (Å²) < 4.78 is 40.3. The molecule has 1 aliphatic heterocycles. The number of hydrogen-bond donors (Lipinski definition) is 3. The van der Waals surface area contributed by atoms with E-state index in [1.165, 1.54) is 28.8 Å². The number of amides is 1. The molecule has 1 aromatic carbocycles. The van der Waals surface area contributed by atoms with Crippen molar-refractivity contribution in [2.75, 3.05) is 26.4 Å². The van der Waals surface area contributed by atoms with Crippen LogP contribution in [0.4, 0.5) is 4.39 Å². The zero-order valence-electron chi connectivity index (χ0n) is 17.1. The first kappa shape index (κ1) is 22.8. The highest BCUT2D eigenvalue weighted by atomic mass is 32.2. The molecule has 0 fully saturated rings. The van der Waals surface area contributed by atoms with Gasteiger partial charge in [-0.15, -0.1) is 0 Å². The first-order valence-electron chi connectivity index (χ1n) is 9.53. The average Bonchev–Trinajstić information content (AvgIpc) is 2.83. The molecular weight excluding hydrogens is 429 g/mol. The van der Waals surface area contributed by atoms with Crippen LogP contribution in [0.3, 0.4) is 0 Å². The van der Waals surface area contributed by atoms with Crippen molar-refractivity contribution in [2.24, 2.45) is 0 Å². The molecule has 1 unspecified atom stereocenters. The van der Waals surface area contributed by atoms with Crippen molar-refractivity contribution in [1.82, 2.24) is 24.5 Å². The third kappa shape index (κ3) is 5.87. The summed E-state index contributed by atoms with van der Waals surface area (Å²) in [6.45, 7) is 1.06. The molecule has 1 amide bonds. The zero-order valence-corrected chi connectivity index (χ0v) is 17.9. The van der Waals surface area contributed by atoms with Crippen molar-refractivity contribution < 1.29 is 22.7 Å². The van der Waals surface area contributed by atoms with E-state index in [9.17, 15) is 27.5 Å². The van der Waals surface area contributed by atoms with Crippen molar-refractivity contribution in [3.8, 4) is 5.75 Å². The average molecular weight is 453 g/mol. The van der Waals surface area contributed by atoms with Crippen molar-refractivity contribution >= 4 is 15.9 Å². The predicted molar refractivity (Wildman–Crippen MR) is 110 cm³/mol. The summed E-state index contributed by atoms with van der Waals surface area (Å²) in [5, 5.41) is 12.9. The second-order valence-electron chi connectivity index (χ2n) is 7.51. The van der Waals surface area contributed by atoms with E-state index in [-0.39, 0.29) is 37.6 Å². The Hall–Kier alpha value is -2.83. The quantitative estimate of drug-likeness (QED) is 0.536. The molecule has 12 heteroatoms. The standard InChI is InChI=1S/C19H24FN5O5S/c1-24-7-8-25-18(15(11-24)23-31(2,29)30)22-14(17(27)19(25)28)9-16(26)21-10-12-3-5-13(20)6-4-12/h3-6,15,23,27H,7-11H2,1-2H3,(H,21,26). The van der Waals surface area contributed by atoms with Crippen LogP contribution in [0.2, 0.25) is 0 Å². The maximum Gasteiger partial charge on any atom is 0.296 e. The Morgan fingerprint density at radius 1 is 1.29 bits per heavy atom. The van der Waals surface area contributed by atoms with Gasteiger partial charge in [0.15, 0.2) is 0 Å². The molecule has 2 heterocycles. The summed E-state index contributed by atoms with van der Waals surface area (Å²) in [5.41, 5.74) is -0.200. The Bertz CT molecular complexity index is 1130. The molecule has 0 bridgehead atoms. The van der Waals surface area contributed by atoms with Gasteiger partial charge in [-0.3, -0.25) is 14.2 Å². The summed E-state index contributed by atoms with van der Waals surface area (Å²) in [7, 11) is -1.83. The normalized spacial score (nSPS) is 17.1. The molecule has 3 N–H and O–H groups in total. The van der Waals surface area contributed by atoms with E-state index < -0.39 is 39.1 Å². The number of nitrogens with one attached hydrogen (secondary N) is 2. The van der Waals surface area contributed by atoms with Crippen LogP contribution in [0.15, 0.2) is 29.1 Å². The SMILES string of the molecule is CN1CCn2c(nc(CC(=O)NCc3ccc(F)cc3)c(O)c2=O)C(NS(C)(=O)=O)C1. The minimum absolute atomic E-state index is 0.132. The highest BCUT2D eigenvalue weighted by molar-refractivity contribution is 7.88. The van der Waals surface area contributed by atoms with E-state index in [1.54, 1.807) is 7.05 Å². The van der Waals surface area contributed by atoms with E-state index in [4.69, 9.17) is 0 Å². The van der Waals surface area contributed by atoms with Gasteiger partial charge < -0.3 is 15.3 Å². The van der Waals surface area contributed by atoms with Gasteiger partial charge in [0.25, 0.3) is 5.56 Å².